The Morgan fingerprint density at radius 3 is 2.24 bits per heavy atom. The molecule has 1 aromatic rings. The molecule has 160 valence electrons. The number of nitrogens with zero attached hydrogens (tertiary/aromatic N) is 3. The fourth-order valence-corrected chi connectivity index (χ4v) is 5.85. The molecule has 0 radical (unpaired) electrons. The van der Waals surface area contributed by atoms with Gasteiger partial charge in [-0.2, -0.15) is 13.2 Å². The molecular weight excluding hydrogens is 409 g/mol. The van der Waals surface area contributed by atoms with Gasteiger partial charge in [0.1, 0.15) is 10.8 Å². The van der Waals surface area contributed by atoms with Gasteiger partial charge in [-0.1, -0.05) is 0 Å². The topological polar surface area (TPSA) is 82.6 Å². The van der Waals surface area contributed by atoms with E-state index in [0.717, 1.165) is 10.5 Å². The fraction of sp³-hybridized carbons (Fsp3) is 0.667. The molecule has 1 N–H and O–H groups in total. The summed E-state index contributed by atoms with van der Waals surface area (Å²) in [5, 5.41) is 1.28. The van der Waals surface area contributed by atoms with Gasteiger partial charge in [0.25, 0.3) is 0 Å². The zero-order valence-corrected chi connectivity index (χ0v) is 16.5. The van der Waals surface area contributed by atoms with E-state index in [-0.39, 0.29) is 31.8 Å². The van der Waals surface area contributed by atoms with Crippen LogP contribution in [0.25, 0.3) is 0 Å². The smallest absolute Gasteiger partial charge is 0.323 e. The lowest BCUT2D eigenvalue weighted by atomic mass is 9.91. The van der Waals surface area contributed by atoms with Gasteiger partial charge in [0.05, 0.1) is 0 Å². The maximum atomic E-state index is 13.0. The largest absolute Gasteiger partial charge is 0.411 e. The average molecular weight is 432 g/mol. The van der Waals surface area contributed by atoms with Gasteiger partial charge in [-0.15, -0.1) is 0 Å². The van der Waals surface area contributed by atoms with Gasteiger partial charge in [-0.05, 0) is 49.3 Å². The summed E-state index contributed by atoms with van der Waals surface area (Å²) in [5.41, 5.74) is -0.995. The number of carbonyl (C=O) groups excluding carboxylic acids is 1. The standard InChI is InChI=1S/C18H23F3N4O3S/c19-18(20,21)17(5-6-17)23-16(26)24-11-15(12-24)29(27,28)25-9-3-14(4-10-25)13-1-7-22-8-2-13/h1-2,7-8,14-15H,3-6,9-12H2,(H,23,26). The molecule has 1 saturated carbocycles. The molecule has 1 aromatic heterocycles. The van der Waals surface area contributed by atoms with Crippen molar-refractivity contribution in [2.24, 2.45) is 0 Å². The van der Waals surface area contributed by atoms with E-state index in [1.54, 1.807) is 12.4 Å². The first kappa shape index (κ1) is 20.4. The molecule has 3 heterocycles. The van der Waals surface area contributed by atoms with Crippen LogP contribution in [-0.4, -0.2) is 71.8 Å². The predicted octanol–water partition coefficient (Wildman–Crippen LogP) is 2.08. The molecule has 11 heteroatoms. The monoisotopic (exact) mass is 432 g/mol. The molecule has 0 unspecified atom stereocenters. The van der Waals surface area contributed by atoms with E-state index in [9.17, 15) is 26.4 Å². The number of nitrogens with one attached hydrogen (secondary N) is 1. The third-order valence-corrected chi connectivity index (χ3v) is 8.41. The molecule has 0 bridgehead atoms. The Balaban J connectivity index is 1.29. The van der Waals surface area contributed by atoms with Gasteiger partial charge in [0.2, 0.25) is 10.0 Å². The number of hydrogen-bond acceptors (Lipinski definition) is 4. The zero-order valence-electron chi connectivity index (χ0n) is 15.7. The minimum Gasteiger partial charge on any atom is -0.323 e. The van der Waals surface area contributed by atoms with E-state index in [2.05, 4.69) is 4.98 Å². The van der Waals surface area contributed by atoms with Gasteiger partial charge in [0.15, 0.2) is 0 Å². The lowest BCUT2D eigenvalue weighted by molar-refractivity contribution is -0.163. The van der Waals surface area contributed by atoms with Crippen LogP contribution >= 0.6 is 0 Å². The summed E-state index contributed by atoms with van der Waals surface area (Å²) in [6.45, 7) is 0.642. The van der Waals surface area contributed by atoms with Gasteiger partial charge in [-0.25, -0.2) is 17.5 Å². The van der Waals surface area contributed by atoms with Crippen LogP contribution in [0.2, 0.25) is 0 Å². The highest BCUT2D eigenvalue weighted by molar-refractivity contribution is 7.89. The van der Waals surface area contributed by atoms with Crippen LogP contribution in [0.5, 0.6) is 0 Å². The zero-order chi connectivity index (χ0) is 20.9. The molecular formula is C18H23F3N4O3S. The summed E-state index contributed by atoms with van der Waals surface area (Å²) in [5.74, 6) is 0.283. The molecule has 2 saturated heterocycles. The van der Waals surface area contributed by atoms with Crippen LogP contribution in [0, 0.1) is 0 Å². The van der Waals surface area contributed by atoms with E-state index in [1.807, 2.05) is 17.4 Å². The van der Waals surface area contributed by atoms with Crippen molar-refractivity contribution in [2.75, 3.05) is 26.2 Å². The molecule has 0 atom stereocenters. The Labute approximate surface area is 167 Å². The highest BCUT2D eigenvalue weighted by Gasteiger charge is 2.65. The Bertz CT molecular complexity index is 860. The van der Waals surface area contributed by atoms with Crippen molar-refractivity contribution in [1.82, 2.24) is 19.5 Å². The number of pyridine rings is 1. The lowest BCUT2D eigenvalue weighted by Crippen LogP contribution is -2.64. The van der Waals surface area contributed by atoms with Crippen LogP contribution in [0.3, 0.4) is 0 Å². The number of likely N-dealkylation sites (tertiary alicyclic amines) is 1. The third kappa shape index (κ3) is 3.81. The van der Waals surface area contributed by atoms with Crippen LogP contribution in [-0.2, 0) is 10.0 Å². The first-order valence-electron chi connectivity index (χ1n) is 9.65. The Morgan fingerprint density at radius 2 is 1.72 bits per heavy atom. The van der Waals surface area contributed by atoms with E-state index in [0.29, 0.717) is 25.9 Å². The molecule has 7 nitrogen and oxygen atoms in total. The minimum atomic E-state index is -4.49. The van der Waals surface area contributed by atoms with Crippen molar-refractivity contribution in [3.63, 3.8) is 0 Å². The number of rotatable bonds is 4. The first-order valence-corrected chi connectivity index (χ1v) is 11.2. The molecule has 29 heavy (non-hydrogen) atoms. The van der Waals surface area contributed by atoms with Gasteiger partial charge >= 0.3 is 12.2 Å². The molecule has 0 spiro atoms. The van der Waals surface area contributed by atoms with Crippen molar-refractivity contribution in [1.29, 1.82) is 0 Å². The molecule has 1 aliphatic carbocycles. The molecule has 4 rings (SSSR count). The highest BCUT2D eigenvalue weighted by atomic mass is 32.2. The van der Waals surface area contributed by atoms with E-state index in [4.69, 9.17) is 0 Å². The summed E-state index contributed by atoms with van der Waals surface area (Å²) in [6.07, 6.45) is 0.0865. The maximum absolute atomic E-state index is 13.0. The Hall–Kier alpha value is -1.88. The lowest BCUT2D eigenvalue weighted by Gasteiger charge is -2.42. The number of hydrogen-bond donors (Lipinski definition) is 1. The number of urea groups is 1. The number of alkyl halides is 3. The highest BCUT2D eigenvalue weighted by Crippen LogP contribution is 2.49. The molecule has 3 aliphatic rings. The summed E-state index contributed by atoms with van der Waals surface area (Å²) in [7, 11) is -3.58. The quantitative estimate of drug-likeness (QED) is 0.790. The van der Waals surface area contributed by atoms with Gasteiger partial charge in [0, 0.05) is 38.6 Å². The second-order valence-corrected chi connectivity index (χ2v) is 10.2. The Morgan fingerprint density at radius 1 is 1.14 bits per heavy atom. The van der Waals surface area contributed by atoms with Crippen molar-refractivity contribution >= 4 is 16.1 Å². The van der Waals surface area contributed by atoms with Crippen molar-refractivity contribution in [2.45, 2.75) is 48.6 Å². The maximum Gasteiger partial charge on any atom is 0.411 e. The Kier molecular flexibility index (Phi) is 5.01. The van der Waals surface area contributed by atoms with Crippen LogP contribution in [0.1, 0.15) is 37.2 Å². The predicted molar refractivity (Wildman–Crippen MR) is 98.6 cm³/mol. The van der Waals surface area contributed by atoms with E-state index >= 15 is 0 Å². The van der Waals surface area contributed by atoms with Gasteiger partial charge in [-0.3, -0.25) is 4.98 Å². The molecule has 2 aliphatic heterocycles. The molecule has 0 aromatic carbocycles. The third-order valence-electron chi connectivity index (χ3n) is 6.19. The van der Waals surface area contributed by atoms with E-state index in [1.165, 1.54) is 4.31 Å². The summed E-state index contributed by atoms with van der Waals surface area (Å²) in [4.78, 5) is 17.2. The first-order chi connectivity index (χ1) is 13.6. The SMILES string of the molecule is O=C(NC1(C(F)(F)F)CC1)N1CC(S(=O)(=O)N2CCC(c3ccncc3)CC2)C1. The summed E-state index contributed by atoms with van der Waals surface area (Å²) in [6, 6.07) is 3.03. The number of aromatic nitrogens is 1. The summed E-state index contributed by atoms with van der Waals surface area (Å²) < 4.78 is 66.0. The van der Waals surface area contributed by atoms with Crippen molar-refractivity contribution in [3.8, 4) is 0 Å². The normalized spacial score (nSPS) is 23.5. The van der Waals surface area contributed by atoms with Crippen LogP contribution in [0.4, 0.5) is 18.0 Å². The summed E-state index contributed by atoms with van der Waals surface area (Å²) >= 11 is 0. The number of sulfonamides is 1. The van der Waals surface area contributed by atoms with Crippen molar-refractivity contribution < 1.29 is 26.4 Å². The number of halogens is 3. The second kappa shape index (κ2) is 7.12. The molecule has 3 fully saturated rings. The van der Waals surface area contributed by atoms with Gasteiger partial charge < -0.3 is 10.2 Å². The fourth-order valence-electron chi connectivity index (χ4n) is 3.97. The van der Waals surface area contributed by atoms with Crippen LogP contribution in [0.15, 0.2) is 24.5 Å². The average Bonchev–Trinajstić information content (AvgIpc) is 3.42. The van der Waals surface area contributed by atoms with Crippen molar-refractivity contribution in [3.05, 3.63) is 30.1 Å². The second-order valence-electron chi connectivity index (χ2n) is 8.04. The number of piperidine rings is 1. The van der Waals surface area contributed by atoms with E-state index < -0.39 is 33.0 Å². The van der Waals surface area contributed by atoms with Crippen LogP contribution < -0.4 is 5.32 Å². The number of amides is 2. The minimum absolute atomic E-state index is 0.0770. The number of carbonyl (C=O) groups is 1. The molecule has 2 amide bonds.